The number of anilines is 1. The van der Waals surface area contributed by atoms with Crippen molar-refractivity contribution in [3.05, 3.63) is 16.8 Å². The fraction of sp³-hybridized carbons (Fsp3) is 0.643. The molecule has 6 heteroatoms. The highest BCUT2D eigenvalue weighted by Gasteiger charge is 2.25. The van der Waals surface area contributed by atoms with E-state index in [1.54, 1.807) is 0 Å². The van der Waals surface area contributed by atoms with E-state index in [4.69, 9.17) is 4.74 Å². The zero-order chi connectivity index (χ0) is 14.7. The Kier molecular flexibility index (Phi) is 4.53. The van der Waals surface area contributed by atoms with Crippen molar-refractivity contribution in [2.45, 2.75) is 20.0 Å². The van der Waals surface area contributed by atoms with Gasteiger partial charge in [-0.3, -0.25) is 0 Å². The van der Waals surface area contributed by atoms with Gasteiger partial charge in [-0.2, -0.15) is 10.4 Å². The molecule has 1 saturated heterocycles. The third-order valence-electron chi connectivity index (χ3n) is 3.55. The van der Waals surface area contributed by atoms with E-state index >= 15 is 0 Å². The molecule has 0 aliphatic carbocycles. The molecule has 1 aromatic heterocycles. The van der Waals surface area contributed by atoms with E-state index in [0.717, 1.165) is 30.9 Å². The highest BCUT2D eigenvalue weighted by molar-refractivity contribution is 5.57. The zero-order valence-corrected chi connectivity index (χ0v) is 12.6. The predicted octanol–water partition coefficient (Wildman–Crippen LogP) is 0.732. The number of aromatic nitrogens is 2. The summed E-state index contributed by atoms with van der Waals surface area (Å²) in [6, 6.07) is 2.26. The predicted molar refractivity (Wildman–Crippen MR) is 76.7 cm³/mol. The SMILES string of the molecule is Cc1nnc(N2CCO[C@H](CN(C)C)C2)c(C#N)c1C. The second-order valence-electron chi connectivity index (χ2n) is 5.42. The number of rotatable bonds is 3. The Hall–Kier alpha value is -1.71. The second-order valence-corrected chi connectivity index (χ2v) is 5.42. The van der Waals surface area contributed by atoms with E-state index in [-0.39, 0.29) is 6.10 Å². The minimum atomic E-state index is 0.133. The minimum absolute atomic E-state index is 0.133. The van der Waals surface area contributed by atoms with Gasteiger partial charge in [0.05, 0.1) is 18.4 Å². The zero-order valence-electron chi connectivity index (χ0n) is 12.6. The summed E-state index contributed by atoms with van der Waals surface area (Å²) >= 11 is 0. The van der Waals surface area contributed by atoms with Gasteiger partial charge < -0.3 is 14.5 Å². The summed E-state index contributed by atoms with van der Waals surface area (Å²) in [6.07, 6.45) is 0.133. The molecule has 0 N–H and O–H groups in total. The number of likely N-dealkylation sites (N-methyl/N-ethyl adjacent to an activating group) is 1. The molecule has 1 aliphatic heterocycles. The first kappa shape index (κ1) is 14.7. The molecule has 1 fully saturated rings. The molecule has 0 unspecified atom stereocenters. The van der Waals surface area contributed by atoms with E-state index < -0.39 is 0 Å². The minimum Gasteiger partial charge on any atom is -0.373 e. The molecule has 20 heavy (non-hydrogen) atoms. The number of aryl methyl sites for hydroxylation is 1. The third-order valence-corrected chi connectivity index (χ3v) is 3.55. The van der Waals surface area contributed by atoms with Crippen molar-refractivity contribution in [1.29, 1.82) is 5.26 Å². The Morgan fingerprint density at radius 2 is 2.15 bits per heavy atom. The van der Waals surface area contributed by atoms with Crippen LogP contribution >= 0.6 is 0 Å². The summed E-state index contributed by atoms with van der Waals surface area (Å²) in [5.74, 6) is 0.683. The number of hydrogen-bond donors (Lipinski definition) is 0. The Balaban J connectivity index is 2.23. The Morgan fingerprint density at radius 1 is 1.40 bits per heavy atom. The van der Waals surface area contributed by atoms with Crippen LogP contribution in [0.25, 0.3) is 0 Å². The average Bonchev–Trinajstić information content (AvgIpc) is 2.41. The lowest BCUT2D eigenvalue weighted by Gasteiger charge is -2.35. The summed E-state index contributed by atoms with van der Waals surface area (Å²) in [5, 5.41) is 17.8. The van der Waals surface area contributed by atoms with Crippen LogP contribution < -0.4 is 4.90 Å². The monoisotopic (exact) mass is 275 g/mol. The maximum Gasteiger partial charge on any atom is 0.169 e. The maximum atomic E-state index is 9.38. The van der Waals surface area contributed by atoms with Crippen LogP contribution in [0.4, 0.5) is 5.82 Å². The molecule has 108 valence electrons. The van der Waals surface area contributed by atoms with Gasteiger partial charge in [0.2, 0.25) is 0 Å². The van der Waals surface area contributed by atoms with Crippen molar-refractivity contribution >= 4 is 5.82 Å². The van der Waals surface area contributed by atoms with Crippen LogP contribution in [0, 0.1) is 25.2 Å². The normalized spacial score (nSPS) is 19.2. The van der Waals surface area contributed by atoms with E-state index in [1.165, 1.54) is 0 Å². The van der Waals surface area contributed by atoms with Crippen LogP contribution in [-0.2, 0) is 4.74 Å². The summed E-state index contributed by atoms with van der Waals surface area (Å²) in [7, 11) is 4.05. The van der Waals surface area contributed by atoms with Crippen LogP contribution in [0.5, 0.6) is 0 Å². The Bertz CT molecular complexity index is 523. The van der Waals surface area contributed by atoms with E-state index in [9.17, 15) is 5.26 Å². The standard InChI is InChI=1S/C14H21N5O/c1-10-11(2)16-17-14(13(10)7-15)19-5-6-20-12(9-19)8-18(3)4/h12H,5-6,8-9H2,1-4H3/t12-/m1/s1. The molecule has 0 spiro atoms. The molecular weight excluding hydrogens is 254 g/mol. The van der Waals surface area contributed by atoms with Gasteiger partial charge in [-0.1, -0.05) is 0 Å². The van der Waals surface area contributed by atoms with E-state index in [2.05, 4.69) is 26.1 Å². The van der Waals surface area contributed by atoms with Gasteiger partial charge in [0, 0.05) is 19.6 Å². The van der Waals surface area contributed by atoms with Crippen molar-refractivity contribution in [2.75, 3.05) is 45.2 Å². The number of nitrogens with zero attached hydrogens (tertiary/aromatic N) is 5. The van der Waals surface area contributed by atoms with Crippen LogP contribution in [0.2, 0.25) is 0 Å². The summed E-state index contributed by atoms with van der Waals surface area (Å²) < 4.78 is 5.75. The first-order valence-corrected chi connectivity index (χ1v) is 6.78. The fourth-order valence-electron chi connectivity index (χ4n) is 2.38. The van der Waals surface area contributed by atoms with Crippen LogP contribution in [0.1, 0.15) is 16.8 Å². The molecule has 0 aromatic carbocycles. The molecule has 0 bridgehead atoms. The van der Waals surface area contributed by atoms with Gasteiger partial charge in [-0.05, 0) is 33.5 Å². The topological polar surface area (TPSA) is 65.3 Å². The number of ether oxygens (including phenoxy) is 1. The second kappa shape index (κ2) is 6.16. The van der Waals surface area contributed by atoms with Gasteiger partial charge >= 0.3 is 0 Å². The van der Waals surface area contributed by atoms with Gasteiger partial charge in [0.25, 0.3) is 0 Å². The smallest absolute Gasteiger partial charge is 0.169 e. The third kappa shape index (κ3) is 3.06. The summed E-state index contributed by atoms with van der Waals surface area (Å²) in [4.78, 5) is 4.21. The molecule has 2 rings (SSSR count). The number of morpholine rings is 1. The molecule has 1 aliphatic rings. The van der Waals surface area contributed by atoms with Crippen LogP contribution in [0.3, 0.4) is 0 Å². The van der Waals surface area contributed by atoms with Crippen molar-refractivity contribution in [3.8, 4) is 6.07 Å². The highest BCUT2D eigenvalue weighted by atomic mass is 16.5. The molecule has 1 aromatic rings. The molecule has 2 heterocycles. The number of nitriles is 1. The van der Waals surface area contributed by atoms with Gasteiger partial charge in [-0.25, -0.2) is 0 Å². The molecule has 0 radical (unpaired) electrons. The lowest BCUT2D eigenvalue weighted by molar-refractivity contribution is 0.0245. The molecule has 0 saturated carbocycles. The van der Waals surface area contributed by atoms with Gasteiger partial charge in [0.15, 0.2) is 5.82 Å². The van der Waals surface area contributed by atoms with Gasteiger partial charge in [0.1, 0.15) is 11.6 Å². The van der Waals surface area contributed by atoms with Gasteiger partial charge in [-0.15, -0.1) is 5.10 Å². The highest BCUT2D eigenvalue weighted by Crippen LogP contribution is 2.23. The Labute approximate surface area is 120 Å². The Morgan fingerprint density at radius 3 is 2.80 bits per heavy atom. The fourth-order valence-corrected chi connectivity index (χ4v) is 2.38. The largest absolute Gasteiger partial charge is 0.373 e. The quantitative estimate of drug-likeness (QED) is 0.810. The van der Waals surface area contributed by atoms with Crippen LogP contribution in [-0.4, -0.2) is 61.5 Å². The first-order chi connectivity index (χ1) is 9.52. The van der Waals surface area contributed by atoms with Crippen LogP contribution in [0.15, 0.2) is 0 Å². The van der Waals surface area contributed by atoms with Crippen molar-refractivity contribution in [3.63, 3.8) is 0 Å². The number of hydrogen-bond acceptors (Lipinski definition) is 6. The summed E-state index contributed by atoms with van der Waals surface area (Å²) in [6.45, 7) is 6.79. The maximum absolute atomic E-state index is 9.38. The lowest BCUT2D eigenvalue weighted by atomic mass is 10.1. The average molecular weight is 275 g/mol. The van der Waals surface area contributed by atoms with E-state index in [0.29, 0.717) is 18.0 Å². The van der Waals surface area contributed by atoms with Crippen molar-refractivity contribution < 1.29 is 4.74 Å². The first-order valence-electron chi connectivity index (χ1n) is 6.78. The summed E-state index contributed by atoms with van der Waals surface area (Å²) in [5.41, 5.74) is 2.35. The van der Waals surface area contributed by atoms with Crippen molar-refractivity contribution in [1.82, 2.24) is 15.1 Å². The molecule has 0 amide bonds. The van der Waals surface area contributed by atoms with E-state index in [1.807, 2.05) is 27.9 Å². The lowest BCUT2D eigenvalue weighted by Crippen LogP contribution is -2.47. The molecule has 6 nitrogen and oxygen atoms in total. The van der Waals surface area contributed by atoms with Crippen molar-refractivity contribution in [2.24, 2.45) is 0 Å². The molecule has 1 atom stereocenters. The molecular formula is C14H21N5O.